The number of hydrogen-bond acceptors (Lipinski definition) is 4. The molecule has 0 unspecified atom stereocenters. The smallest absolute Gasteiger partial charge is 0.232 e. The number of rotatable bonds is 4. The van der Waals surface area contributed by atoms with Crippen molar-refractivity contribution in [3.05, 3.63) is 71.4 Å². The molecule has 0 bridgehead atoms. The third kappa shape index (κ3) is 2.99. The van der Waals surface area contributed by atoms with Crippen LogP contribution in [0.25, 0.3) is 11.5 Å². The Labute approximate surface area is 129 Å². The molecule has 0 saturated carbocycles. The van der Waals surface area contributed by atoms with Crippen LogP contribution >= 0.6 is 0 Å². The lowest BCUT2D eigenvalue weighted by Crippen LogP contribution is -1.99. The van der Waals surface area contributed by atoms with Gasteiger partial charge in [-0.25, -0.2) is 0 Å². The highest BCUT2D eigenvalue weighted by molar-refractivity contribution is 5.59. The molecule has 1 aromatic heterocycles. The molecule has 1 N–H and O–H groups in total. The van der Waals surface area contributed by atoms with E-state index in [0.717, 1.165) is 16.7 Å². The summed E-state index contributed by atoms with van der Waals surface area (Å²) < 4.78 is 5.72. The number of anilines is 1. The van der Waals surface area contributed by atoms with Gasteiger partial charge in [-0.15, -0.1) is 0 Å². The molecular weight excluding hydrogens is 274 g/mol. The first-order valence-electron chi connectivity index (χ1n) is 7.02. The van der Waals surface area contributed by atoms with Gasteiger partial charge in [-0.3, -0.25) is 0 Å². The number of nitriles is 1. The van der Waals surface area contributed by atoms with Crippen LogP contribution < -0.4 is 5.32 Å². The van der Waals surface area contributed by atoms with E-state index in [-0.39, 0.29) is 5.69 Å². The Morgan fingerprint density at radius 1 is 1.14 bits per heavy atom. The van der Waals surface area contributed by atoms with Crippen LogP contribution in [0.5, 0.6) is 0 Å². The summed E-state index contributed by atoms with van der Waals surface area (Å²) in [7, 11) is 0. The molecule has 0 aliphatic carbocycles. The molecule has 0 aliphatic rings. The Morgan fingerprint density at radius 2 is 1.95 bits per heavy atom. The van der Waals surface area contributed by atoms with E-state index in [1.54, 1.807) is 0 Å². The average molecular weight is 289 g/mol. The van der Waals surface area contributed by atoms with Gasteiger partial charge in [0.2, 0.25) is 17.5 Å². The lowest BCUT2D eigenvalue weighted by atomic mass is 10.1. The second-order valence-corrected chi connectivity index (χ2v) is 5.02. The third-order valence-electron chi connectivity index (χ3n) is 3.29. The first-order valence-corrected chi connectivity index (χ1v) is 7.02. The van der Waals surface area contributed by atoms with Gasteiger partial charge >= 0.3 is 0 Å². The summed E-state index contributed by atoms with van der Waals surface area (Å²) in [4.78, 5) is 4.26. The van der Waals surface area contributed by atoms with Crippen LogP contribution in [0.2, 0.25) is 0 Å². The van der Waals surface area contributed by atoms with E-state index in [9.17, 15) is 5.26 Å². The molecule has 4 heteroatoms. The first-order chi connectivity index (χ1) is 10.8. The summed E-state index contributed by atoms with van der Waals surface area (Å²) in [5.41, 5.74) is 3.37. The summed E-state index contributed by atoms with van der Waals surface area (Å²) in [6.07, 6.45) is 0. The predicted molar refractivity (Wildman–Crippen MR) is 85.2 cm³/mol. The van der Waals surface area contributed by atoms with Crippen LogP contribution in [0.1, 0.15) is 16.8 Å². The van der Waals surface area contributed by atoms with E-state index in [4.69, 9.17) is 4.42 Å². The first kappa shape index (κ1) is 13.9. The van der Waals surface area contributed by atoms with Crippen LogP contribution in [-0.2, 0) is 6.54 Å². The van der Waals surface area contributed by atoms with Crippen molar-refractivity contribution in [1.29, 1.82) is 5.26 Å². The molecule has 0 atom stereocenters. The molecule has 1 heterocycles. The summed E-state index contributed by atoms with van der Waals surface area (Å²) in [6, 6.07) is 19.8. The summed E-state index contributed by atoms with van der Waals surface area (Å²) in [5.74, 6) is 0.860. The van der Waals surface area contributed by atoms with Crippen LogP contribution in [0, 0.1) is 18.3 Å². The fraction of sp³-hybridized carbons (Fsp3) is 0.111. The number of nitrogens with zero attached hydrogens (tertiary/aromatic N) is 2. The van der Waals surface area contributed by atoms with Gasteiger partial charge in [0.1, 0.15) is 6.07 Å². The molecule has 3 rings (SSSR count). The quantitative estimate of drug-likeness (QED) is 0.784. The normalized spacial score (nSPS) is 10.2. The Morgan fingerprint density at radius 3 is 2.68 bits per heavy atom. The zero-order chi connectivity index (χ0) is 15.4. The van der Waals surface area contributed by atoms with E-state index in [1.165, 1.54) is 0 Å². The SMILES string of the molecule is Cc1cccc(-c2nc(C#N)c(NCc3ccccc3)o2)c1. The van der Waals surface area contributed by atoms with Gasteiger partial charge in [0.25, 0.3) is 0 Å². The van der Waals surface area contributed by atoms with E-state index in [1.807, 2.05) is 61.5 Å². The zero-order valence-electron chi connectivity index (χ0n) is 12.2. The molecule has 4 nitrogen and oxygen atoms in total. The van der Waals surface area contributed by atoms with Crippen molar-refractivity contribution in [3.63, 3.8) is 0 Å². The van der Waals surface area contributed by atoms with Crippen molar-refractivity contribution in [2.45, 2.75) is 13.5 Å². The Kier molecular flexibility index (Phi) is 3.88. The van der Waals surface area contributed by atoms with Gasteiger partial charge in [-0.05, 0) is 24.6 Å². The number of oxazole rings is 1. The van der Waals surface area contributed by atoms with Crippen LogP contribution in [0.3, 0.4) is 0 Å². The number of aromatic nitrogens is 1. The van der Waals surface area contributed by atoms with Crippen molar-refractivity contribution >= 4 is 5.88 Å². The predicted octanol–water partition coefficient (Wildman–Crippen LogP) is 4.13. The standard InChI is InChI=1S/C18H15N3O/c1-13-6-5-9-15(10-13)17-21-16(11-19)18(22-17)20-12-14-7-3-2-4-8-14/h2-10,20H,12H2,1H3. The molecule has 0 fully saturated rings. The largest absolute Gasteiger partial charge is 0.419 e. The summed E-state index contributed by atoms with van der Waals surface area (Å²) in [6.45, 7) is 2.59. The molecule has 22 heavy (non-hydrogen) atoms. The lowest BCUT2D eigenvalue weighted by molar-refractivity contribution is 0.585. The molecule has 0 radical (unpaired) electrons. The number of nitrogens with one attached hydrogen (secondary N) is 1. The van der Waals surface area contributed by atoms with Crippen LogP contribution in [0.4, 0.5) is 5.88 Å². The zero-order valence-corrected chi connectivity index (χ0v) is 12.2. The molecule has 0 amide bonds. The molecule has 3 aromatic rings. The van der Waals surface area contributed by atoms with Gasteiger partial charge in [0.15, 0.2) is 0 Å². The average Bonchev–Trinajstić information content (AvgIpc) is 2.97. The summed E-state index contributed by atoms with van der Waals surface area (Å²) >= 11 is 0. The molecule has 0 saturated heterocycles. The molecule has 108 valence electrons. The van der Waals surface area contributed by atoms with E-state index in [2.05, 4.69) is 16.4 Å². The van der Waals surface area contributed by atoms with Crippen LogP contribution in [-0.4, -0.2) is 4.98 Å². The Balaban J connectivity index is 1.84. The molecule has 2 aromatic carbocycles. The second-order valence-electron chi connectivity index (χ2n) is 5.02. The monoisotopic (exact) mass is 289 g/mol. The maximum absolute atomic E-state index is 9.22. The van der Waals surface area contributed by atoms with Gasteiger partial charge in [-0.2, -0.15) is 10.2 Å². The molecule has 0 spiro atoms. The maximum Gasteiger partial charge on any atom is 0.232 e. The van der Waals surface area contributed by atoms with E-state index in [0.29, 0.717) is 18.3 Å². The minimum absolute atomic E-state index is 0.271. The highest BCUT2D eigenvalue weighted by Crippen LogP contribution is 2.26. The minimum atomic E-state index is 0.271. The Hall–Kier alpha value is -3.06. The van der Waals surface area contributed by atoms with Gasteiger partial charge in [0, 0.05) is 12.1 Å². The van der Waals surface area contributed by atoms with Gasteiger partial charge in [-0.1, -0.05) is 48.0 Å². The van der Waals surface area contributed by atoms with E-state index < -0.39 is 0 Å². The topological polar surface area (TPSA) is 61.9 Å². The summed E-state index contributed by atoms with van der Waals surface area (Å²) in [5, 5.41) is 12.4. The van der Waals surface area contributed by atoms with Crippen molar-refractivity contribution < 1.29 is 4.42 Å². The third-order valence-corrected chi connectivity index (χ3v) is 3.29. The fourth-order valence-corrected chi connectivity index (χ4v) is 2.20. The maximum atomic E-state index is 9.22. The number of hydrogen-bond donors (Lipinski definition) is 1. The van der Waals surface area contributed by atoms with Gasteiger partial charge < -0.3 is 9.73 Å². The fourth-order valence-electron chi connectivity index (χ4n) is 2.20. The van der Waals surface area contributed by atoms with Crippen molar-refractivity contribution in [2.24, 2.45) is 0 Å². The Bertz CT molecular complexity index is 816. The number of aryl methyl sites for hydroxylation is 1. The highest BCUT2D eigenvalue weighted by atomic mass is 16.4. The second kappa shape index (κ2) is 6.15. The number of benzene rings is 2. The lowest BCUT2D eigenvalue weighted by Gasteiger charge is -2.02. The van der Waals surface area contributed by atoms with E-state index >= 15 is 0 Å². The minimum Gasteiger partial charge on any atom is -0.419 e. The highest BCUT2D eigenvalue weighted by Gasteiger charge is 2.14. The molecule has 0 aliphatic heterocycles. The molecular formula is C18H15N3O. The van der Waals surface area contributed by atoms with Crippen molar-refractivity contribution in [3.8, 4) is 17.5 Å². The van der Waals surface area contributed by atoms with Gasteiger partial charge in [0.05, 0.1) is 0 Å². The van der Waals surface area contributed by atoms with Crippen LogP contribution in [0.15, 0.2) is 59.0 Å². The van der Waals surface area contributed by atoms with Crippen molar-refractivity contribution in [2.75, 3.05) is 5.32 Å². The van der Waals surface area contributed by atoms with Crippen molar-refractivity contribution in [1.82, 2.24) is 4.98 Å².